The Balaban J connectivity index is 1.79. The maximum atomic E-state index is 13.4. The highest BCUT2D eigenvalue weighted by Gasteiger charge is 2.25. The Labute approximate surface area is 190 Å². The zero-order chi connectivity index (χ0) is 23.7. The van der Waals surface area contributed by atoms with E-state index in [9.17, 15) is 29.4 Å². The zero-order valence-electron chi connectivity index (χ0n) is 18.0. The van der Waals surface area contributed by atoms with Gasteiger partial charge in [-0.05, 0) is 38.3 Å². The van der Waals surface area contributed by atoms with E-state index in [1.807, 2.05) is 0 Å². The van der Waals surface area contributed by atoms with Crippen LogP contribution in [-0.2, 0) is 6.42 Å². The third-order valence-corrected chi connectivity index (χ3v) is 7.47. The molecule has 5 rings (SSSR count). The zero-order valence-corrected chi connectivity index (χ0v) is 18.8. The summed E-state index contributed by atoms with van der Waals surface area (Å²) >= 11 is 0.902. The van der Waals surface area contributed by atoms with Crippen molar-refractivity contribution in [3.05, 3.63) is 88.9 Å². The molecule has 6 nitrogen and oxygen atoms in total. The lowest BCUT2D eigenvalue weighted by Gasteiger charge is -2.24. The predicted molar refractivity (Wildman–Crippen MR) is 132 cm³/mol. The van der Waals surface area contributed by atoms with Crippen molar-refractivity contribution in [2.45, 2.75) is 38.4 Å². The Bertz CT molecular complexity index is 1800. The van der Waals surface area contributed by atoms with Crippen molar-refractivity contribution in [3.63, 3.8) is 0 Å². The van der Waals surface area contributed by atoms with Crippen molar-refractivity contribution < 1.29 is 10.2 Å². The fourth-order valence-corrected chi connectivity index (χ4v) is 5.57. The number of fused-ring (bicyclic) bond motifs is 5. The summed E-state index contributed by atoms with van der Waals surface area (Å²) in [7, 11) is 0. The van der Waals surface area contributed by atoms with Crippen LogP contribution in [0.1, 0.15) is 25.8 Å². The van der Waals surface area contributed by atoms with E-state index in [1.54, 1.807) is 42.5 Å². The summed E-state index contributed by atoms with van der Waals surface area (Å²) in [6.45, 7) is 3.04. The molecule has 166 valence electrons. The molecule has 4 aromatic carbocycles. The molecular formula is C26H20O6S. The van der Waals surface area contributed by atoms with Crippen LogP contribution < -0.4 is 21.7 Å². The minimum atomic E-state index is -1.25. The van der Waals surface area contributed by atoms with E-state index in [-0.39, 0.29) is 53.6 Å². The first kappa shape index (κ1) is 21.6. The Morgan fingerprint density at radius 2 is 1.30 bits per heavy atom. The molecule has 0 spiro atoms. The van der Waals surface area contributed by atoms with E-state index in [0.29, 0.717) is 6.42 Å². The van der Waals surface area contributed by atoms with Gasteiger partial charge in [-0.15, -0.1) is 11.3 Å². The van der Waals surface area contributed by atoms with Crippen molar-refractivity contribution in [2.75, 3.05) is 0 Å². The first-order valence-electron chi connectivity index (χ1n) is 10.6. The normalized spacial score (nSPS) is 13.5. The molecule has 1 aromatic heterocycles. The van der Waals surface area contributed by atoms with Crippen LogP contribution in [0.4, 0.5) is 0 Å². The number of thiophene rings is 1. The summed E-state index contributed by atoms with van der Waals surface area (Å²) in [5, 5.41) is 21.0. The van der Waals surface area contributed by atoms with Crippen LogP contribution in [0.25, 0.3) is 41.7 Å². The fraction of sp³-hybridized carbons (Fsp3) is 0.231. The summed E-state index contributed by atoms with van der Waals surface area (Å²) < 4.78 is 0.243. The SMILES string of the molecule is CC(C)(O)C(O)CCc1ccc2c(=O)c3c(sc4c(=O)c5ccccc5c(=O)c43)c(=O)c2c1. The topological polar surface area (TPSA) is 109 Å². The molecule has 7 heteroatoms. The molecule has 2 N–H and O–H groups in total. The molecule has 0 bridgehead atoms. The van der Waals surface area contributed by atoms with Gasteiger partial charge in [0, 0.05) is 21.5 Å². The van der Waals surface area contributed by atoms with Crippen molar-refractivity contribution in [3.8, 4) is 0 Å². The lowest BCUT2D eigenvalue weighted by molar-refractivity contribution is -0.0509. The van der Waals surface area contributed by atoms with Gasteiger partial charge in [-0.2, -0.15) is 0 Å². The Hall–Kier alpha value is -3.26. The number of benzene rings is 4. The molecule has 0 fully saturated rings. The number of hydrogen-bond donors (Lipinski definition) is 2. The minimum absolute atomic E-state index is 0.0190. The molecule has 0 amide bonds. The Morgan fingerprint density at radius 1 is 0.788 bits per heavy atom. The number of aliphatic hydroxyl groups excluding tert-OH is 1. The van der Waals surface area contributed by atoms with Gasteiger partial charge in [-0.3, -0.25) is 19.2 Å². The summed E-state index contributed by atoms with van der Waals surface area (Å²) in [6.07, 6.45) is -0.260. The van der Waals surface area contributed by atoms with Gasteiger partial charge >= 0.3 is 0 Å². The van der Waals surface area contributed by atoms with Crippen molar-refractivity contribution in [1.29, 1.82) is 0 Å². The van der Waals surface area contributed by atoms with E-state index in [1.165, 1.54) is 13.8 Å². The fourth-order valence-electron chi connectivity index (χ4n) is 4.37. The molecule has 0 radical (unpaired) electrons. The molecule has 1 unspecified atom stereocenters. The van der Waals surface area contributed by atoms with Crippen molar-refractivity contribution in [1.82, 2.24) is 0 Å². The van der Waals surface area contributed by atoms with Crippen LogP contribution in [0.3, 0.4) is 0 Å². The summed E-state index contributed by atoms with van der Waals surface area (Å²) in [5.41, 5.74) is -2.12. The second kappa shape index (κ2) is 7.38. The van der Waals surface area contributed by atoms with Gasteiger partial charge < -0.3 is 10.2 Å². The first-order chi connectivity index (χ1) is 15.6. The quantitative estimate of drug-likeness (QED) is 0.427. The molecule has 0 aliphatic heterocycles. The molecule has 0 aliphatic carbocycles. The predicted octanol–water partition coefficient (Wildman–Crippen LogP) is 2.74. The lowest BCUT2D eigenvalue weighted by Crippen LogP contribution is -2.36. The number of aryl methyl sites for hydroxylation is 1. The maximum Gasteiger partial charge on any atom is 0.204 e. The maximum absolute atomic E-state index is 13.4. The number of hydrogen-bond acceptors (Lipinski definition) is 7. The standard InChI is InChI=1S/C26H20O6S/c1-26(2,32)17(27)10-8-12-7-9-15-16(11-12)23(31)25-19(21(15)29)18-20(28)13-5-3-4-6-14(13)22(30)24(18)33-25/h3-7,9,11,17,27,32H,8,10H2,1-2H3. The number of aliphatic hydroxyl groups is 2. The summed E-state index contributed by atoms with van der Waals surface area (Å²) in [4.78, 5) is 52.9. The van der Waals surface area contributed by atoms with Gasteiger partial charge in [0.15, 0.2) is 10.9 Å². The van der Waals surface area contributed by atoms with Gasteiger partial charge in [0.1, 0.15) is 0 Å². The largest absolute Gasteiger partial charge is 0.390 e. The van der Waals surface area contributed by atoms with E-state index in [0.717, 1.165) is 16.9 Å². The van der Waals surface area contributed by atoms with Gasteiger partial charge in [0.05, 0.1) is 31.9 Å². The van der Waals surface area contributed by atoms with Gasteiger partial charge in [-0.1, -0.05) is 36.4 Å². The molecule has 1 atom stereocenters. The highest BCUT2D eigenvalue weighted by Crippen LogP contribution is 2.29. The van der Waals surface area contributed by atoms with Gasteiger partial charge in [0.25, 0.3) is 0 Å². The van der Waals surface area contributed by atoms with Crippen LogP contribution >= 0.6 is 11.3 Å². The lowest BCUT2D eigenvalue weighted by atomic mass is 9.94. The van der Waals surface area contributed by atoms with Crippen LogP contribution in [0.2, 0.25) is 0 Å². The average molecular weight is 461 g/mol. The van der Waals surface area contributed by atoms with E-state index < -0.39 is 28.0 Å². The molecule has 0 aliphatic rings. The summed E-state index contributed by atoms with van der Waals surface area (Å²) in [6, 6.07) is 11.3. The smallest absolute Gasteiger partial charge is 0.204 e. The average Bonchev–Trinajstić information content (AvgIpc) is 3.20. The second-order valence-electron chi connectivity index (χ2n) is 8.96. The Kier molecular flexibility index (Phi) is 4.83. The third-order valence-electron chi connectivity index (χ3n) is 6.29. The molecule has 5 aromatic rings. The van der Waals surface area contributed by atoms with Crippen LogP contribution in [0, 0.1) is 0 Å². The monoisotopic (exact) mass is 460 g/mol. The third kappa shape index (κ3) is 3.23. The first-order valence-corrected chi connectivity index (χ1v) is 11.4. The van der Waals surface area contributed by atoms with Crippen LogP contribution in [0.15, 0.2) is 61.6 Å². The molecular weight excluding hydrogens is 440 g/mol. The van der Waals surface area contributed by atoms with Crippen LogP contribution in [-0.4, -0.2) is 21.9 Å². The molecule has 0 saturated carbocycles. The van der Waals surface area contributed by atoms with Crippen molar-refractivity contribution >= 4 is 53.1 Å². The Morgan fingerprint density at radius 3 is 1.88 bits per heavy atom. The molecule has 0 saturated heterocycles. The van der Waals surface area contributed by atoms with E-state index >= 15 is 0 Å². The highest BCUT2D eigenvalue weighted by molar-refractivity contribution is 7.25. The molecule has 33 heavy (non-hydrogen) atoms. The summed E-state index contributed by atoms with van der Waals surface area (Å²) in [5.74, 6) is 0. The van der Waals surface area contributed by atoms with E-state index in [4.69, 9.17) is 0 Å². The van der Waals surface area contributed by atoms with Crippen LogP contribution in [0.5, 0.6) is 0 Å². The van der Waals surface area contributed by atoms with Crippen molar-refractivity contribution in [2.24, 2.45) is 0 Å². The minimum Gasteiger partial charge on any atom is -0.390 e. The van der Waals surface area contributed by atoms with Gasteiger partial charge in [0.2, 0.25) is 10.9 Å². The number of rotatable bonds is 4. The highest BCUT2D eigenvalue weighted by atomic mass is 32.1. The van der Waals surface area contributed by atoms with Gasteiger partial charge in [-0.25, -0.2) is 0 Å². The molecule has 1 heterocycles. The van der Waals surface area contributed by atoms with E-state index in [2.05, 4.69) is 0 Å². The second-order valence-corrected chi connectivity index (χ2v) is 9.98.